The molecule has 0 spiro atoms. The number of aromatic nitrogens is 1. The Morgan fingerprint density at radius 1 is 1.16 bits per heavy atom. The number of amides is 1. The second-order valence-electron chi connectivity index (χ2n) is 9.11. The molecular weight excluding hydrogens is 495 g/mol. The minimum absolute atomic E-state index is 0.114. The van der Waals surface area contributed by atoms with E-state index in [1.54, 1.807) is 24.3 Å². The zero-order valence-electron chi connectivity index (χ0n) is 20.7. The van der Waals surface area contributed by atoms with Crippen LogP contribution in [0.3, 0.4) is 0 Å². The number of pyridine rings is 1. The molecule has 4 rings (SSSR count). The molecule has 0 saturated heterocycles. The Hall–Kier alpha value is -4.15. The summed E-state index contributed by atoms with van der Waals surface area (Å²) in [6.45, 7) is 3.63. The summed E-state index contributed by atoms with van der Waals surface area (Å²) >= 11 is 6.55. The number of carbonyl (C=O) groups excluding carboxylic acids is 2. The fraction of sp³-hybridized carbons (Fsp3) is 0.207. The van der Waals surface area contributed by atoms with Crippen molar-refractivity contribution in [2.45, 2.75) is 20.3 Å². The Balaban J connectivity index is 1.90. The van der Waals surface area contributed by atoms with E-state index < -0.39 is 17.1 Å². The number of nitrogens with zero attached hydrogens (tertiary/aromatic N) is 1. The van der Waals surface area contributed by atoms with Gasteiger partial charge in [0.25, 0.3) is 5.91 Å². The summed E-state index contributed by atoms with van der Waals surface area (Å²) in [5, 5.41) is 3.14. The molecular formula is C29H24ClFN2O4. The van der Waals surface area contributed by atoms with Gasteiger partial charge in [0.05, 0.1) is 23.6 Å². The second-order valence-corrected chi connectivity index (χ2v) is 9.47. The molecule has 2 heterocycles. The predicted molar refractivity (Wildman–Crippen MR) is 141 cm³/mol. The lowest BCUT2D eigenvalue weighted by Crippen LogP contribution is -2.18. The van der Waals surface area contributed by atoms with Gasteiger partial charge in [-0.1, -0.05) is 17.7 Å². The summed E-state index contributed by atoms with van der Waals surface area (Å²) in [4.78, 5) is 30.4. The van der Waals surface area contributed by atoms with E-state index in [9.17, 15) is 14.0 Å². The minimum Gasteiger partial charge on any atom is -0.496 e. The van der Waals surface area contributed by atoms with Crippen molar-refractivity contribution in [2.75, 3.05) is 14.2 Å². The first-order valence-corrected chi connectivity index (χ1v) is 11.8. The van der Waals surface area contributed by atoms with Crippen molar-refractivity contribution in [3.63, 3.8) is 0 Å². The summed E-state index contributed by atoms with van der Waals surface area (Å²) in [6, 6.07) is 12.4. The van der Waals surface area contributed by atoms with Crippen molar-refractivity contribution in [1.82, 2.24) is 10.3 Å². The van der Waals surface area contributed by atoms with Crippen molar-refractivity contribution < 1.29 is 23.1 Å². The molecule has 0 saturated carbocycles. The summed E-state index contributed by atoms with van der Waals surface area (Å²) in [7, 11) is 2.98. The number of terminal acetylenes is 1. The molecule has 2 aromatic heterocycles. The summed E-state index contributed by atoms with van der Waals surface area (Å²) in [6.07, 6.45) is 5.70. The van der Waals surface area contributed by atoms with Crippen LogP contribution < -0.4 is 10.1 Å². The van der Waals surface area contributed by atoms with Gasteiger partial charge in [0.15, 0.2) is 5.78 Å². The van der Waals surface area contributed by atoms with Crippen LogP contribution in [0.25, 0.3) is 33.6 Å². The van der Waals surface area contributed by atoms with E-state index in [-0.39, 0.29) is 34.4 Å². The van der Waals surface area contributed by atoms with Crippen LogP contribution in [0.5, 0.6) is 5.75 Å². The number of fused-ring (bicyclic) bond motifs is 1. The number of methoxy groups -OCH3 is 1. The van der Waals surface area contributed by atoms with Crippen LogP contribution in [-0.2, 0) is 0 Å². The van der Waals surface area contributed by atoms with Crippen LogP contribution in [0.1, 0.15) is 41.0 Å². The van der Waals surface area contributed by atoms with Crippen molar-refractivity contribution in [3.05, 3.63) is 70.6 Å². The molecule has 1 amide bonds. The van der Waals surface area contributed by atoms with E-state index >= 15 is 0 Å². The maximum absolute atomic E-state index is 13.5. The third kappa shape index (κ3) is 5.07. The Kier molecular flexibility index (Phi) is 7.06. The number of rotatable bonds is 7. The van der Waals surface area contributed by atoms with E-state index in [1.165, 1.54) is 38.4 Å². The highest BCUT2D eigenvalue weighted by atomic mass is 35.5. The number of ketones is 1. The van der Waals surface area contributed by atoms with Gasteiger partial charge in [-0.05, 0) is 61.9 Å². The largest absolute Gasteiger partial charge is 0.496 e. The lowest BCUT2D eigenvalue weighted by Gasteiger charge is -2.17. The van der Waals surface area contributed by atoms with Gasteiger partial charge in [-0.25, -0.2) is 9.37 Å². The number of carbonyl (C=O) groups is 2. The van der Waals surface area contributed by atoms with Gasteiger partial charge in [-0.15, -0.1) is 12.3 Å². The summed E-state index contributed by atoms with van der Waals surface area (Å²) in [5.41, 5.74) is 1.68. The normalized spacial score (nSPS) is 11.3. The highest BCUT2D eigenvalue weighted by Crippen LogP contribution is 2.39. The second kappa shape index (κ2) is 10.1. The average molecular weight is 519 g/mol. The molecule has 0 radical (unpaired) electrons. The maximum Gasteiger partial charge on any atom is 0.255 e. The molecule has 1 N–H and O–H groups in total. The first kappa shape index (κ1) is 25.9. The number of hydrogen-bond acceptors (Lipinski definition) is 5. The molecule has 188 valence electrons. The topological polar surface area (TPSA) is 81.4 Å². The molecule has 4 aromatic rings. The van der Waals surface area contributed by atoms with Crippen molar-refractivity contribution >= 4 is 34.4 Å². The fourth-order valence-electron chi connectivity index (χ4n) is 4.00. The Morgan fingerprint density at radius 2 is 1.84 bits per heavy atom. The molecule has 0 atom stereocenters. The van der Waals surface area contributed by atoms with E-state index in [1.807, 2.05) is 13.8 Å². The lowest BCUT2D eigenvalue weighted by atomic mass is 9.86. The molecule has 0 aliphatic carbocycles. The number of benzene rings is 2. The predicted octanol–water partition coefficient (Wildman–Crippen LogP) is 6.55. The van der Waals surface area contributed by atoms with Gasteiger partial charge in [0.1, 0.15) is 22.5 Å². The van der Waals surface area contributed by atoms with Crippen LogP contribution in [0.15, 0.2) is 52.9 Å². The molecule has 6 nitrogen and oxygen atoms in total. The number of furan rings is 1. The van der Waals surface area contributed by atoms with Crippen LogP contribution >= 0.6 is 11.6 Å². The van der Waals surface area contributed by atoms with Gasteiger partial charge in [-0.3, -0.25) is 9.59 Å². The molecule has 0 aliphatic rings. The smallest absolute Gasteiger partial charge is 0.255 e. The molecule has 8 heteroatoms. The van der Waals surface area contributed by atoms with Crippen LogP contribution in [0.4, 0.5) is 4.39 Å². The Labute approximate surface area is 218 Å². The van der Waals surface area contributed by atoms with Gasteiger partial charge in [0.2, 0.25) is 5.71 Å². The third-order valence-corrected chi connectivity index (χ3v) is 6.29. The SMILES string of the molecule is C#CC(C)(C)CC(=O)c1cc(-c2cc3c(C(=O)NC)c(-c4ccc(F)cc4)oc3nc2Cl)ccc1OC. The number of Topliss-reactive ketones (excluding diaryl/α,β-unsaturated/α-hetero) is 1. The van der Waals surface area contributed by atoms with Crippen LogP contribution in [0, 0.1) is 23.6 Å². The fourth-order valence-corrected chi connectivity index (χ4v) is 4.24. The maximum atomic E-state index is 13.5. The van der Waals surface area contributed by atoms with Gasteiger partial charge >= 0.3 is 0 Å². The van der Waals surface area contributed by atoms with Crippen molar-refractivity contribution in [1.29, 1.82) is 0 Å². The highest BCUT2D eigenvalue weighted by molar-refractivity contribution is 6.33. The van der Waals surface area contributed by atoms with E-state index in [0.717, 1.165) is 0 Å². The first-order valence-electron chi connectivity index (χ1n) is 11.4. The van der Waals surface area contributed by atoms with Crippen molar-refractivity contribution in [2.24, 2.45) is 5.41 Å². The number of nitrogens with one attached hydrogen (secondary N) is 1. The quantitative estimate of drug-likeness (QED) is 0.170. The van der Waals surface area contributed by atoms with Gasteiger partial charge in [0, 0.05) is 30.0 Å². The Bertz CT molecular complexity index is 1570. The molecule has 37 heavy (non-hydrogen) atoms. The molecule has 0 unspecified atom stereocenters. The Morgan fingerprint density at radius 3 is 2.46 bits per heavy atom. The minimum atomic E-state index is -0.633. The number of hydrogen-bond donors (Lipinski definition) is 1. The molecule has 0 fully saturated rings. The van der Waals surface area contributed by atoms with Crippen LogP contribution in [-0.4, -0.2) is 30.8 Å². The number of halogens is 2. The standard InChI is InChI=1S/C29H24ClFN2O4/c1-6-29(2,3)15-22(34)20-13-17(9-12-23(20)36-5)19-14-21-24(27(35)32-4)25(37-28(21)33-26(19)30)16-7-10-18(31)11-8-16/h1,7-14H,15H2,2-5H3,(H,32,35). The third-order valence-electron chi connectivity index (χ3n) is 6.00. The first-order chi connectivity index (χ1) is 17.6. The molecule has 0 bridgehead atoms. The van der Waals surface area contributed by atoms with Crippen LogP contribution in [0.2, 0.25) is 5.15 Å². The monoisotopic (exact) mass is 518 g/mol. The average Bonchev–Trinajstić information content (AvgIpc) is 3.25. The molecule has 2 aromatic carbocycles. The molecule has 0 aliphatic heterocycles. The lowest BCUT2D eigenvalue weighted by molar-refractivity contribution is 0.0946. The van der Waals surface area contributed by atoms with Gasteiger partial charge < -0.3 is 14.5 Å². The zero-order valence-corrected chi connectivity index (χ0v) is 21.5. The summed E-state index contributed by atoms with van der Waals surface area (Å²) < 4.78 is 24.8. The summed E-state index contributed by atoms with van der Waals surface area (Å²) in [5.74, 6) is 2.27. The zero-order chi connectivity index (χ0) is 26.9. The van der Waals surface area contributed by atoms with E-state index in [2.05, 4.69) is 16.2 Å². The van der Waals surface area contributed by atoms with Crippen molar-refractivity contribution in [3.8, 4) is 40.5 Å². The highest BCUT2D eigenvalue weighted by Gasteiger charge is 2.26. The van der Waals surface area contributed by atoms with E-state index in [4.69, 9.17) is 27.2 Å². The van der Waals surface area contributed by atoms with E-state index in [0.29, 0.717) is 33.4 Å². The van der Waals surface area contributed by atoms with Gasteiger partial charge in [-0.2, -0.15) is 0 Å². The number of ether oxygens (including phenoxy) is 1.